The van der Waals surface area contributed by atoms with Gasteiger partial charge in [0.1, 0.15) is 12.4 Å². The van der Waals surface area contributed by atoms with Gasteiger partial charge in [-0.2, -0.15) is 5.10 Å². The maximum Gasteiger partial charge on any atom is 0.275 e. The molecular weight excluding hydrogens is 428 g/mol. The minimum Gasteiger partial charge on any atom is -0.496 e. The van der Waals surface area contributed by atoms with Gasteiger partial charge < -0.3 is 14.2 Å². The predicted molar refractivity (Wildman–Crippen MR) is 134 cm³/mol. The molecule has 1 amide bonds. The fraction of sp³-hybridized carbons (Fsp3) is 0.143. The first-order valence-electron chi connectivity index (χ1n) is 11.0. The van der Waals surface area contributed by atoms with Crippen LogP contribution in [0.3, 0.4) is 0 Å². The van der Waals surface area contributed by atoms with Crippen molar-refractivity contribution >= 4 is 22.9 Å². The van der Waals surface area contributed by atoms with Crippen molar-refractivity contribution in [3.05, 3.63) is 102 Å². The molecule has 172 valence electrons. The molecule has 0 bridgehead atoms. The second-order valence-corrected chi connectivity index (χ2v) is 7.47. The molecule has 6 heteroatoms. The highest BCUT2D eigenvalue weighted by Gasteiger charge is 2.11. The number of hydrazone groups is 1. The highest BCUT2D eigenvalue weighted by atomic mass is 16.5. The third-order valence-corrected chi connectivity index (χ3v) is 5.26. The number of hydrogen-bond donors (Lipinski definition) is 1. The highest BCUT2D eigenvalue weighted by molar-refractivity contribution is 5.97. The van der Waals surface area contributed by atoms with Crippen LogP contribution in [0.1, 0.15) is 28.4 Å². The summed E-state index contributed by atoms with van der Waals surface area (Å²) in [7, 11) is 1.52. The summed E-state index contributed by atoms with van der Waals surface area (Å²) in [5.41, 5.74) is 4.81. The number of benzene rings is 4. The van der Waals surface area contributed by atoms with Crippen LogP contribution in [-0.4, -0.2) is 25.8 Å². The van der Waals surface area contributed by atoms with Crippen LogP contribution in [-0.2, 0) is 6.61 Å². The monoisotopic (exact) mass is 454 g/mol. The average molecular weight is 455 g/mol. The van der Waals surface area contributed by atoms with Gasteiger partial charge in [-0.15, -0.1) is 0 Å². The molecule has 0 radical (unpaired) electrons. The zero-order valence-corrected chi connectivity index (χ0v) is 19.2. The van der Waals surface area contributed by atoms with Crippen molar-refractivity contribution in [2.45, 2.75) is 13.5 Å². The second kappa shape index (κ2) is 11.0. The van der Waals surface area contributed by atoms with E-state index in [-0.39, 0.29) is 5.91 Å². The summed E-state index contributed by atoms with van der Waals surface area (Å²) in [5.74, 6) is 1.39. The van der Waals surface area contributed by atoms with E-state index in [0.717, 1.165) is 16.5 Å². The fourth-order valence-corrected chi connectivity index (χ4v) is 3.62. The summed E-state index contributed by atoms with van der Waals surface area (Å²) in [6.45, 7) is 2.84. The van der Waals surface area contributed by atoms with E-state index in [1.807, 2.05) is 43.3 Å². The molecule has 0 aliphatic heterocycles. The third kappa shape index (κ3) is 5.35. The molecule has 34 heavy (non-hydrogen) atoms. The first-order chi connectivity index (χ1) is 16.7. The lowest BCUT2D eigenvalue weighted by molar-refractivity contribution is 0.0952. The van der Waals surface area contributed by atoms with Crippen molar-refractivity contribution in [1.29, 1.82) is 0 Å². The Morgan fingerprint density at radius 2 is 1.68 bits per heavy atom. The maximum atomic E-state index is 12.4. The van der Waals surface area contributed by atoms with E-state index in [4.69, 9.17) is 14.2 Å². The molecular formula is C28H26N2O4. The van der Waals surface area contributed by atoms with E-state index < -0.39 is 0 Å². The van der Waals surface area contributed by atoms with Gasteiger partial charge in [0.25, 0.3) is 5.91 Å². The number of amides is 1. The molecule has 0 unspecified atom stereocenters. The minimum absolute atomic E-state index is 0.353. The Morgan fingerprint density at radius 1 is 0.882 bits per heavy atom. The van der Waals surface area contributed by atoms with Crippen LogP contribution in [0.5, 0.6) is 17.2 Å². The molecule has 4 aromatic rings. The van der Waals surface area contributed by atoms with E-state index in [1.54, 1.807) is 30.5 Å². The van der Waals surface area contributed by atoms with Crippen LogP contribution < -0.4 is 19.6 Å². The molecule has 0 saturated heterocycles. The Labute approximate surface area is 198 Å². The molecule has 0 atom stereocenters. The van der Waals surface area contributed by atoms with Crippen molar-refractivity contribution in [2.75, 3.05) is 13.7 Å². The van der Waals surface area contributed by atoms with Crippen LogP contribution in [0, 0.1) is 0 Å². The summed E-state index contributed by atoms with van der Waals surface area (Å²) >= 11 is 0. The molecule has 1 N–H and O–H groups in total. The summed E-state index contributed by atoms with van der Waals surface area (Å²) in [5, 5.41) is 6.42. The van der Waals surface area contributed by atoms with Gasteiger partial charge in [-0.05, 0) is 59.2 Å². The Morgan fingerprint density at radius 3 is 2.53 bits per heavy atom. The second-order valence-electron chi connectivity index (χ2n) is 7.47. The van der Waals surface area contributed by atoms with E-state index in [9.17, 15) is 4.79 Å². The summed E-state index contributed by atoms with van der Waals surface area (Å²) in [6.07, 6.45) is 1.56. The molecule has 4 rings (SSSR count). The zero-order chi connectivity index (χ0) is 23.8. The number of fused-ring (bicyclic) bond motifs is 1. The largest absolute Gasteiger partial charge is 0.496 e. The van der Waals surface area contributed by atoms with Gasteiger partial charge in [0, 0.05) is 0 Å². The van der Waals surface area contributed by atoms with Gasteiger partial charge in [-0.1, -0.05) is 54.6 Å². The van der Waals surface area contributed by atoms with Crippen molar-refractivity contribution in [3.8, 4) is 17.2 Å². The summed E-state index contributed by atoms with van der Waals surface area (Å²) in [6, 6.07) is 26.9. The smallest absolute Gasteiger partial charge is 0.275 e. The number of nitrogens with zero attached hydrogens (tertiary/aromatic N) is 1. The minimum atomic E-state index is -0.353. The lowest BCUT2D eigenvalue weighted by atomic mass is 10.1. The fourth-order valence-electron chi connectivity index (χ4n) is 3.62. The van der Waals surface area contributed by atoms with E-state index in [2.05, 4.69) is 34.8 Å². The number of methoxy groups -OCH3 is 1. The Balaban J connectivity index is 1.46. The average Bonchev–Trinajstić information content (AvgIpc) is 2.88. The molecule has 0 spiro atoms. The number of para-hydroxylation sites is 1. The van der Waals surface area contributed by atoms with Gasteiger partial charge in [-0.25, -0.2) is 5.43 Å². The van der Waals surface area contributed by atoms with Crippen molar-refractivity contribution in [3.63, 3.8) is 0 Å². The van der Waals surface area contributed by atoms with Crippen LogP contribution in [0.2, 0.25) is 0 Å². The molecule has 0 heterocycles. The summed E-state index contributed by atoms with van der Waals surface area (Å²) < 4.78 is 17.1. The van der Waals surface area contributed by atoms with E-state index in [0.29, 0.717) is 36.0 Å². The zero-order valence-electron chi connectivity index (χ0n) is 19.2. The lowest BCUT2D eigenvalue weighted by Gasteiger charge is -2.13. The standard InChI is InChI=1S/C28H26N2O4/c1-3-33-27-17-20(18-29-30-28(31)24-13-6-7-14-25(24)32-2)15-16-26(27)34-19-22-11-8-10-21-9-4-5-12-23(21)22/h4-18H,3,19H2,1-2H3,(H,30,31)/b29-18-. The normalized spacial score (nSPS) is 10.9. The van der Waals surface area contributed by atoms with Crippen LogP contribution >= 0.6 is 0 Å². The first-order valence-corrected chi connectivity index (χ1v) is 11.0. The van der Waals surface area contributed by atoms with Crippen LogP contribution in [0.25, 0.3) is 10.8 Å². The van der Waals surface area contributed by atoms with Gasteiger partial charge >= 0.3 is 0 Å². The number of carbonyl (C=O) groups is 1. The van der Waals surface area contributed by atoms with E-state index in [1.165, 1.54) is 12.5 Å². The lowest BCUT2D eigenvalue weighted by Crippen LogP contribution is -2.18. The quantitative estimate of drug-likeness (QED) is 0.264. The SMILES string of the molecule is CCOc1cc(/C=N\NC(=O)c2ccccc2OC)ccc1OCc1cccc2ccccc12. The van der Waals surface area contributed by atoms with E-state index >= 15 is 0 Å². The number of carbonyl (C=O) groups excluding carboxylic acids is 1. The van der Waals surface area contributed by atoms with Gasteiger partial charge in [-0.3, -0.25) is 4.79 Å². The molecule has 4 aromatic carbocycles. The summed E-state index contributed by atoms with van der Waals surface area (Å²) in [4.78, 5) is 12.4. The highest BCUT2D eigenvalue weighted by Crippen LogP contribution is 2.30. The topological polar surface area (TPSA) is 69.2 Å². The molecule has 0 aliphatic rings. The molecule has 0 saturated carbocycles. The Hall–Kier alpha value is -4.32. The number of rotatable bonds is 9. The Bertz CT molecular complexity index is 1310. The van der Waals surface area contributed by atoms with Crippen molar-refractivity contribution in [1.82, 2.24) is 5.43 Å². The van der Waals surface area contributed by atoms with Gasteiger partial charge in [0.2, 0.25) is 0 Å². The molecule has 0 aliphatic carbocycles. The molecule has 6 nitrogen and oxygen atoms in total. The predicted octanol–water partition coefficient (Wildman–Crippen LogP) is 5.59. The third-order valence-electron chi connectivity index (χ3n) is 5.26. The number of ether oxygens (including phenoxy) is 3. The van der Waals surface area contributed by atoms with Crippen LogP contribution in [0.4, 0.5) is 0 Å². The van der Waals surface area contributed by atoms with Gasteiger partial charge in [0.05, 0.1) is 25.5 Å². The van der Waals surface area contributed by atoms with Crippen molar-refractivity contribution in [2.24, 2.45) is 5.10 Å². The molecule has 0 fully saturated rings. The van der Waals surface area contributed by atoms with Crippen molar-refractivity contribution < 1.29 is 19.0 Å². The Kier molecular flexibility index (Phi) is 7.40. The molecule has 0 aromatic heterocycles. The first kappa shape index (κ1) is 22.9. The van der Waals surface area contributed by atoms with Gasteiger partial charge in [0.15, 0.2) is 11.5 Å². The number of hydrogen-bond acceptors (Lipinski definition) is 5. The van der Waals surface area contributed by atoms with Crippen LogP contribution in [0.15, 0.2) is 90.0 Å². The maximum absolute atomic E-state index is 12.4. The number of nitrogens with one attached hydrogen (secondary N) is 1.